The molecule has 15 heavy (non-hydrogen) atoms. The van der Waals surface area contributed by atoms with Crippen LogP contribution in [0.15, 0.2) is 11.8 Å². The third-order valence-corrected chi connectivity index (χ3v) is 2.66. The van der Waals surface area contributed by atoms with Crippen LogP contribution in [0.4, 0.5) is 4.39 Å². The summed E-state index contributed by atoms with van der Waals surface area (Å²) in [5.74, 6) is 0. The summed E-state index contributed by atoms with van der Waals surface area (Å²) in [6.07, 6.45) is 4.26. The van der Waals surface area contributed by atoms with E-state index in [2.05, 4.69) is 0 Å². The highest BCUT2D eigenvalue weighted by molar-refractivity contribution is 5.16. The fraction of sp³-hybridized carbons (Fsp3) is 0.818. The zero-order chi connectivity index (χ0) is 11.1. The van der Waals surface area contributed by atoms with Gasteiger partial charge in [-0.25, -0.2) is 4.39 Å². The SMILES string of the molecule is COCC(F)(CCCN)C1=COCCC1. The second-order valence-electron chi connectivity index (χ2n) is 3.91. The van der Waals surface area contributed by atoms with Gasteiger partial charge in [-0.1, -0.05) is 0 Å². The quantitative estimate of drug-likeness (QED) is 0.737. The summed E-state index contributed by atoms with van der Waals surface area (Å²) in [6.45, 7) is 1.27. The van der Waals surface area contributed by atoms with Crippen molar-refractivity contribution in [3.05, 3.63) is 11.8 Å². The van der Waals surface area contributed by atoms with Crippen LogP contribution < -0.4 is 5.73 Å². The molecule has 1 atom stereocenters. The summed E-state index contributed by atoms with van der Waals surface area (Å²) < 4.78 is 24.6. The molecule has 0 radical (unpaired) electrons. The molecule has 0 spiro atoms. The molecular weight excluding hydrogens is 197 g/mol. The molecule has 0 bridgehead atoms. The average Bonchev–Trinajstić information content (AvgIpc) is 2.28. The second-order valence-corrected chi connectivity index (χ2v) is 3.91. The molecule has 0 saturated carbocycles. The Labute approximate surface area is 90.4 Å². The molecule has 1 heterocycles. The van der Waals surface area contributed by atoms with Gasteiger partial charge in [0.05, 0.1) is 19.5 Å². The van der Waals surface area contributed by atoms with Gasteiger partial charge in [0.25, 0.3) is 0 Å². The maximum atomic E-state index is 14.5. The highest BCUT2D eigenvalue weighted by Gasteiger charge is 2.34. The third kappa shape index (κ3) is 3.47. The standard InChI is InChI=1S/C11H20FNO2/c1-14-9-11(12,5-3-6-13)10-4-2-7-15-8-10/h8H,2-7,9,13H2,1H3. The van der Waals surface area contributed by atoms with Crippen molar-refractivity contribution in [2.24, 2.45) is 5.73 Å². The van der Waals surface area contributed by atoms with Gasteiger partial charge in [0.2, 0.25) is 0 Å². The van der Waals surface area contributed by atoms with Crippen molar-refractivity contribution < 1.29 is 13.9 Å². The average molecular weight is 217 g/mol. The molecule has 1 aliphatic heterocycles. The first-order chi connectivity index (χ1) is 7.23. The Bertz CT molecular complexity index is 221. The lowest BCUT2D eigenvalue weighted by atomic mass is 9.88. The van der Waals surface area contributed by atoms with Crippen molar-refractivity contribution in [1.82, 2.24) is 0 Å². The molecule has 0 amide bonds. The lowest BCUT2D eigenvalue weighted by molar-refractivity contribution is 0.0497. The van der Waals surface area contributed by atoms with Crippen molar-refractivity contribution in [3.63, 3.8) is 0 Å². The van der Waals surface area contributed by atoms with Gasteiger partial charge in [0.15, 0.2) is 5.67 Å². The van der Waals surface area contributed by atoms with Gasteiger partial charge in [-0.15, -0.1) is 0 Å². The zero-order valence-corrected chi connectivity index (χ0v) is 9.30. The molecule has 2 N–H and O–H groups in total. The summed E-state index contributed by atoms with van der Waals surface area (Å²) in [4.78, 5) is 0. The van der Waals surface area contributed by atoms with E-state index in [-0.39, 0.29) is 6.61 Å². The fourth-order valence-electron chi connectivity index (χ4n) is 1.83. The van der Waals surface area contributed by atoms with Crippen LogP contribution in [-0.4, -0.2) is 32.5 Å². The van der Waals surface area contributed by atoms with Crippen molar-refractivity contribution in [1.29, 1.82) is 0 Å². The number of ether oxygens (including phenoxy) is 2. The number of halogens is 1. The highest BCUT2D eigenvalue weighted by Crippen LogP contribution is 2.32. The molecule has 88 valence electrons. The Morgan fingerprint density at radius 2 is 2.47 bits per heavy atom. The van der Waals surface area contributed by atoms with Crippen LogP contribution in [0.1, 0.15) is 25.7 Å². The monoisotopic (exact) mass is 217 g/mol. The van der Waals surface area contributed by atoms with Crippen molar-refractivity contribution in [2.45, 2.75) is 31.4 Å². The Morgan fingerprint density at radius 3 is 3.00 bits per heavy atom. The van der Waals surface area contributed by atoms with E-state index in [1.165, 1.54) is 7.11 Å². The minimum atomic E-state index is -1.39. The second kappa shape index (κ2) is 6.08. The number of methoxy groups -OCH3 is 1. The van der Waals surface area contributed by atoms with Gasteiger partial charge in [0, 0.05) is 12.7 Å². The van der Waals surface area contributed by atoms with E-state index in [0.717, 1.165) is 12.8 Å². The first-order valence-corrected chi connectivity index (χ1v) is 5.42. The van der Waals surface area contributed by atoms with Gasteiger partial charge in [-0.2, -0.15) is 0 Å². The molecule has 4 heteroatoms. The first-order valence-electron chi connectivity index (χ1n) is 5.42. The third-order valence-electron chi connectivity index (χ3n) is 2.66. The molecule has 0 aromatic rings. The largest absolute Gasteiger partial charge is 0.501 e. The van der Waals surface area contributed by atoms with E-state index < -0.39 is 5.67 Å². The van der Waals surface area contributed by atoms with E-state index in [1.54, 1.807) is 6.26 Å². The Morgan fingerprint density at radius 1 is 1.67 bits per heavy atom. The number of hydrogen-bond acceptors (Lipinski definition) is 3. The fourth-order valence-corrected chi connectivity index (χ4v) is 1.83. The molecule has 3 nitrogen and oxygen atoms in total. The van der Waals surface area contributed by atoms with Crippen LogP contribution in [0.3, 0.4) is 0 Å². The maximum Gasteiger partial charge on any atom is 0.158 e. The molecule has 1 aliphatic rings. The number of alkyl halides is 1. The Kier molecular flexibility index (Phi) is 5.05. The zero-order valence-electron chi connectivity index (χ0n) is 9.30. The van der Waals surface area contributed by atoms with E-state index in [0.29, 0.717) is 31.6 Å². The van der Waals surface area contributed by atoms with E-state index >= 15 is 0 Å². The molecule has 0 aromatic carbocycles. The maximum absolute atomic E-state index is 14.5. The van der Waals surface area contributed by atoms with Crippen molar-refractivity contribution >= 4 is 0 Å². The van der Waals surface area contributed by atoms with E-state index in [4.69, 9.17) is 15.2 Å². The number of hydrogen-bond donors (Lipinski definition) is 1. The predicted octanol–water partition coefficient (Wildman–Crippen LogP) is 1.77. The number of nitrogens with two attached hydrogens (primary N) is 1. The molecular formula is C11H20FNO2. The van der Waals surface area contributed by atoms with Gasteiger partial charge in [-0.3, -0.25) is 0 Å². The smallest absolute Gasteiger partial charge is 0.158 e. The summed E-state index contributed by atoms with van der Waals surface area (Å²) >= 11 is 0. The molecule has 0 saturated heterocycles. The Balaban J connectivity index is 2.64. The van der Waals surface area contributed by atoms with E-state index in [1.807, 2.05) is 0 Å². The van der Waals surface area contributed by atoms with Gasteiger partial charge in [-0.05, 0) is 32.2 Å². The van der Waals surface area contributed by atoms with Gasteiger partial charge >= 0.3 is 0 Å². The normalized spacial score (nSPS) is 20.3. The summed E-state index contributed by atoms with van der Waals surface area (Å²) in [5, 5.41) is 0. The molecule has 0 fully saturated rings. The van der Waals surface area contributed by atoms with Crippen molar-refractivity contribution in [3.8, 4) is 0 Å². The molecule has 0 aliphatic carbocycles. The van der Waals surface area contributed by atoms with Crippen LogP contribution in [0, 0.1) is 0 Å². The van der Waals surface area contributed by atoms with Gasteiger partial charge in [0.1, 0.15) is 0 Å². The lowest BCUT2D eigenvalue weighted by Crippen LogP contribution is -2.33. The molecule has 1 rings (SSSR count). The van der Waals surface area contributed by atoms with Crippen LogP contribution in [-0.2, 0) is 9.47 Å². The number of rotatable bonds is 6. The van der Waals surface area contributed by atoms with Crippen molar-refractivity contribution in [2.75, 3.05) is 26.9 Å². The van der Waals surface area contributed by atoms with Crippen LogP contribution in [0.5, 0.6) is 0 Å². The highest BCUT2D eigenvalue weighted by atomic mass is 19.1. The minimum Gasteiger partial charge on any atom is -0.501 e. The lowest BCUT2D eigenvalue weighted by Gasteiger charge is -2.29. The minimum absolute atomic E-state index is 0.0855. The predicted molar refractivity (Wildman–Crippen MR) is 57.3 cm³/mol. The summed E-state index contributed by atoms with van der Waals surface area (Å²) in [5.41, 5.74) is 4.72. The van der Waals surface area contributed by atoms with Crippen LogP contribution in [0.25, 0.3) is 0 Å². The summed E-state index contributed by atoms with van der Waals surface area (Å²) in [6, 6.07) is 0. The summed E-state index contributed by atoms with van der Waals surface area (Å²) in [7, 11) is 1.51. The van der Waals surface area contributed by atoms with Crippen LogP contribution >= 0.6 is 0 Å². The topological polar surface area (TPSA) is 44.5 Å². The van der Waals surface area contributed by atoms with Gasteiger partial charge < -0.3 is 15.2 Å². The van der Waals surface area contributed by atoms with E-state index in [9.17, 15) is 4.39 Å². The molecule has 1 unspecified atom stereocenters. The first kappa shape index (κ1) is 12.5. The van der Waals surface area contributed by atoms with Crippen LogP contribution in [0.2, 0.25) is 0 Å². The Hall–Kier alpha value is -0.610. The molecule has 0 aromatic heterocycles.